The van der Waals surface area contributed by atoms with Gasteiger partial charge < -0.3 is 5.73 Å². The zero-order chi connectivity index (χ0) is 14.8. The Kier molecular flexibility index (Phi) is 4.87. The van der Waals surface area contributed by atoms with Crippen molar-refractivity contribution in [1.82, 2.24) is 4.90 Å². The van der Waals surface area contributed by atoms with Gasteiger partial charge in [0.1, 0.15) is 0 Å². The second-order valence-electron chi connectivity index (χ2n) is 5.41. The van der Waals surface area contributed by atoms with Crippen LogP contribution in [-0.4, -0.2) is 17.5 Å². The van der Waals surface area contributed by atoms with Crippen molar-refractivity contribution in [2.75, 3.05) is 6.54 Å². The van der Waals surface area contributed by atoms with E-state index in [0.717, 1.165) is 12.1 Å². The van der Waals surface area contributed by atoms with Crippen molar-refractivity contribution in [3.05, 3.63) is 56.2 Å². The molecule has 0 radical (unpaired) electrons. The first-order chi connectivity index (χ1) is 10.2. The number of rotatable bonds is 6. The van der Waals surface area contributed by atoms with E-state index in [9.17, 15) is 0 Å². The number of benzene rings is 1. The van der Waals surface area contributed by atoms with Gasteiger partial charge >= 0.3 is 0 Å². The Morgan fingerprint density at radius 1 is 1.24 bits per heavy atom. The summed E-state index contributed by atoms with van der Waals surface area (Å²) in [6.07, 6.45) is 2.51. The molecule has 1 aliphatic carbocycles. The fourth-order valence-electron chi connectivity index (χ4n) is 2.67. The molecule has 1 saturated carbocycles. The van der Waals surface area contributed by atoms with Gasteiger partial charge in [-0.25, -0.2) is 0 Å². The zero-order valence-electron chi connectivity index (χ0n) is 11.6. The van der Waals surface area contributed by atoms with Crippen LogP contribution in [-0.2, 0) is 6.54 Å². The first-order valence-corrected chi connectivity index (χ1v) is 8.75. The normalized spacial score (nSPS) is 16.4. The number of hydrogen-bond acceptors (Lipinski definition) is 3. The van der Waals surface area contributed by atoms with E-state index in [0.29, 0.717) is 22.6 Å². The van der Waals surface area contributed by atoms with E-state index in [4.69, 9.17) is 28.9 Å². The van der Waals surface area contributed by atoms with Crippen LogP contribution in [0.2, 0.25) is 10.0 Å². The monoisotopic (exact) mass is 340 g/mol. The van der Waals surface area contributed by atoms with Crippen LogP contribution >= 0.6 is 34.5 Å². The van der Waals surface area contributed by atoms with Gasteiger partial charge in [0.2, 0.25) is 0 Å². The van der Waals surface area contributed by atoms with Crippen LogP contribution in [0.15, 0.2) is 35.7 Å². The molecule has 0 aliphatic heterocycles. The van der Waals surface area contributed by atoms with Crippen LogP contribution in [0, 0.1) is 0 Å². The molecule has 1 fully saturated rings. The van der Waals surface area contributed by atoms with Gasteiger partial charge in [0, 0.05) is 30.1 Å². The molecule has 2 N–H and O–H groups in total. The molecule has 2 aromatic rings. The van der Waals surface area contributed by atoms with E-state index < -0.39 is 0 Å². The van der Waals surface area contributed by atoms with Gasteiger partial charge in [-0.15, -0.1) is 11.3 Å². The van der Waals surface area contributed by atoms with E-state index in [1.807, 2.05) is 18.2 Å². The molecule has 1 aromatic heterocycles. The van der Waals surface area contributed by atoms with E-state index in [-0.39, 0.29) is 6.04 Å². The minimum atomic E-state index is 0.189. The topological polar surface area (TPSA) is 29.3 Å². The lowest BCUT2D eigenvalue weighted by Crippen LogP contribution is -2.34. The summed E-state index contributed by atoms with van der Waals surface area (Å²) in [5.74, 6) is 0. The highest BCUT2D eigenvalue weighted by atomic mass is 35.5. The van der Waals surface area contributed by atoms with Crippen molar-refractivity contribution in [2.45, 2.75) is 31.5 Å². The van der Waals surface area contributed by atoms with Gasteiger partial charge in [-0.1, -0.05) is 35.3 Å². The molecule has 0 amide bonds. The summed E-state index contributed by atoms with van der Waals surface area (Å²) in [6.45, 7) is 1.53. The van der Waals surface area contributed by atoms with Crippen LogP contribution in [0.25, 0.3) is 0 Å². The number of thiophene rings is 1. The zero-order valence-corrected chi connectivity index (χ0v) is 14.0. The van der Waals surface area contributed by atoms with Gasteiger partial charge in [-0.3, -0.25) is 4.90 Å². The summed E-state index contributed by atoms with van der Waals surface area (Å²) in [4.78, 5) is 3.88. The van der Waals surface area contributed by atoms with Crippen LogP contribution < -0.4 is 5.73 Å². The molecule has 2 nitrogen and oxygen atoms in total. The highest BCUT2D eigenvalue weighted by molar-refractivity contribution is 7.09. The molecule has 5 heteroatoms. The average Bonchev–Trinajstić information content (AvgIpc) is 3.20. The third kappa shape index (κ3) is 3.61. The Morgan fingerprint density at radius 3 is 2.62 bits per heavy atom. The minimum absolute atomic E-state index is 0.189. The fourth-order valence-corrected chi connectivity index (χ4v) is 3.68. The summed E-state index contributed by atoms with van der Waals surface area (Å²) < 4.78 is 0. The standard InChI is InChI=1S/C16H18Cl2N2S/c17-14-6-3-11(8-15(14)18)16(9-19)20(12-4-5-12)10-13-2-1-7-21-13/h1-3,6-8,12,16H,4-5,9-10,19H2. The second kappa shape index (κ2) is 6.67. The van der Waals surface area contributed by atoms with E-state index in [1.165, 1.54) is 17.7 Å². The summed E-state index contributed by atoms with van der Waals surface area (Å²) in [7, 11) is 0. The maximum absolute atomic E-state index is 6.17. The Bertz CT molecular complexity index is 596. The summed E-state index contributed by atoms with van der Waals surface area (Å²) in [5, 5.41) is 3.31. The van der Waals surface area contributed by atoms with Crippen molar-refractivity contribution in [1.29, 1.82) is 0 Å². The van der Waals surface area contributed by atoms with Crippen LogP contribution in [0.4, 0.5) is 0 Å². The quantitative estimate of drug-likeness (QED) is 0.824. The molecule has 112 valence electrons. The molecule has 1 atom stereocenters. The predicted octanol–water partition coefficient (Wildman–Crippen LogP) is 4.72. The third-order valence-electron chi connectivity index (χ3n) is 3.89. The van der Waals surface area contributed by atoms with E-state index in [1.54, 1.807) is 11.3 Å². The maximum atomic E-state index is 6.17. The van der Waals surface area contributed by atoms with Crippen molar-refractivity contribution in [2.24, 2.45) is 5.73 Å². The molecule has 21 heavy (non-hydrogen) atoms. The second-order valence-corrected chi connectivity index (χ2v) is 7.25. The first-order valence-electron chi connectivity index (χ1n) is 7.12. The maximum Gasteiger partial charge on any atom is 0.0595 e. The Balaban J connectivity index is 1.86. The number of halogens is 2. The molecular weight excluding hydrogens is 323 g/mol. The minimum Gasteiger partial charge on any atom is -0.329 e. The first kappa shape index (κ1) is 15.3. The SMILES string of the molecule is NCC(c1ccc(Cl)c(Cl)c1)N(Cc1cccs1)C1CC1. The lowest BCUT2D eigenvalue weighted by molar-refractivity contribution is 0.183. The van der Waals surface area contributed by atoms with Crippen molar-refractivity contribution < 1.29 is 0 Å². The van der Waals surface area contributed by atoms with Crippen LogP contribution in [0.1, 0.15) is 29.3 Å². The number of nitrogens with zero attached hydrogens (tertiary/aromatic N) is 1. The van der Waals surface area contributed by atoms with E-state index in [2.05, 4.69) is 22.4 Å². The van der Waals surface area contributed by atoms with Crippen LogP contribution in [0.5, 0.6) is 0 Å². The molecule has 3 rings (SSSR count). The van der Waals surface area contributed by atoms with Crippen molar-refractivity contribution in [3.8, 4) is 0 Å². The summed E-state index contributed by atoms with van der Waals surface area (Å²) >= 11 is 14.0. The third-order valence-corrected chi connectivity index (χ3v) is 5.49. The lowest BCUT2D eigenvalue weighted by atomic mass is 10.0. The Morgan fingerprint density at radius 2 is 2.05 bits per heavy atom. The summed E-state index contributed by atoms with van der Waals surface area (Å²) in [6, 6.07) is 11.0. The molecule has 1 aromatic carbocycles. The van der Waals surface area contributed by atoms with Gasteiger partial charge in [0.15, 0.2) is 0 Å². The molecule has 0 spiro atoms. The highest BCUT2D eigenvalue weighted by Gasteiger charge is 2.34. The molecule has 1 unspecified atom stereocenters. The number of nitrogens with two attached hydrogens (primary N) is 1. The van der Waals surface area contributed by atoms with Gasteiger partial charge in [-0.2, -0.15) is 0 Å². The molecule has 0 bridgehead atoms. The fraction of sp³-hybridized carbons (Fsp3) is 0.375. The molecule has 0 saturated heterocycles. The average molecular weight is 341 g/mol. The number of hydrogen-bond donors (Lipinski definition) is 1. The van der Waals surface area contributed by atoms with E-state index >= 15 is 0 Å². The predicted molar refractivity (Wildman–Crippen MR) is 91.1 cm³/mol. The van der Waals surface area contributed by atoms with Crippen molar-refractivity contribution >= 4 is 34.5 Å². The molecule has 1 aliphatic rings. The van der Waals surface area contributed by atoms with Crippen molar-refractivity contribution in [3.63, 3.8) is 0 Å². The smallest absolute Gasteiger partial charge is 0.0595 e. The van der Waals surface area contributed by atoms with Crippen LogP contribution in [0.3, 0.4) is 0 Å². The Labute approximate surface area is 139 Å². The Hall–Kier alpha value is -0.580. The summed E-state index contributed by atoms with van der Waals surface area (Å²) in [5.41, 5.74) is 7.22. The highest BCUT2D eigenvalue weighted by Crippen LogP contribution is 2.37. The molecule has 1 heterocycles. The molecular formula is C16H18Cl2N2S. The van der Waals surface area contributed by atoms with Gasteiger partial charge in [0.25, 0.3) is 0 Å². The van der Waals surface area contributed by atoms with Gasteiger partial charge in [-0.05, 0) is 42.0 Å². The largest absolute Gasteiger partial charge is 0.329 e. The van der Waals surface area contributed by atoms with Gasteiger partial charge in [0.05, 0.1) is 10.0 Å². The lowest BCUT2D eigenvalue weighted by Gasteiger charge is -2.31.